The van der Waals surface area contributed by atoms with Gasteiger partial charge in [0.15, 0.2) is 0 Å². The van der Waals surface area contributed by atoms with Gasteiger partial charge in [-0.05, 0) is 58.7 Å². The molecule has 0 fully saturated rings. The Balaban J connectivity index is 2.56. The van der Waals surface area contributed by atoms with E-state index in [1.54, 1.807) is 12.1 Å². The molecule has 0 saturated carbocycles. The van der Waals surface area contributed by atoms with Crippen molar-refractivity contribution in [2.24, 2.45) is 0 Å². The molecule has 0 aliphatic heterocycles. The maximum Gasteiger partial charge on any atom is 0.142 e. The predicted molar refractivity (Wildman–Crippen MR) is 85.8 cm³/mol. The molecule has 20 heavy (non-hydrogen) atoms. The van der Waals surface area contributed by atoms with Gasteiger partial charge in [-0.3, -0.25) is 0 Å². The van der Waals surface area contributed by atoms with E-state index in [-0.39, 0.29) is 11.9 Å². The summed E-state index contributed by atoms with van der Waals surface area (Å²) in [6, 6.07) is 10.8. The van der Waals surface area contributed by atoms with Crippen LogP contribution in [0.25, 0.3) is 0 Å². The van der Waals surface area contributed by atoms with E-state index >= 15 is 0 Å². The van der Waals surface area contributed by atoms with Gasteiger partial charge in [0, 0.05) is 10.6 Å². The van der Waals surface area contributed by atoms with Crippen molar-refractivity contribution in [3.8, 4) is 0 Å². The van der Waals surface area contributed by atoms with Crippen LogP contribution in [0.1, 0.15) is 29.7 Å². The van der Waals surface area contributed by atoms with Gasteiger partial charge in [0.1, 0.15) is 5.82 Å². The molecule has 2 aromatic carbocycles. The van der Waals surface area contributed by atoms with E-state index in [4.69, 9.17) is 11.6 Å². The molecule has 2 aromatic rings. The zero-order valence-corrected chi connectivity index (χ0v) is 13.7. The van der Waals surface area contributed by atoms with Crippen molar-refractivity contribution in [2.45, 2.75) is 19.9 Å². The fraction of sp³-hybridized carbons (Fsp3) is 0.250. The molecule has 1 unspecified atom stereocenters. The first kappa shape index (κ1) is 15.5. The molecule has 2 rings (SSSR count). The number of nitrogens with one attached hydrogen (secondary N) is 1. The highest BCUT2D eigenvalue weighted by molar-refractivity contribution is 9.10. The van der Waals surface area contributed by atoms with E-state index in [9.17, 15) is 4.39 Å². The summed E-state index contributed by atoms with van der Waals surface area (Å²) >= 11 is 9.33. The van der Waals surface area contributed by atoms with Gasteiger partial charge in [-0.2, -0.15) is 0 Å². The van der Waals surface area contributed by atoms with Gasteiger partial charge in [-0.25, -0.2) is 4.39 Å². The van der Waals surface area contributed by atoms with Crippen molar-refractivity contribution >= 4 is 27.5 Å². The van der Waals surface area contributed by atoms with Gasteiger partial charge in [-0.15, -0.1) is 0 Å². The lowest BCUT2D eigenvalue weighted by Crippen LogP contribution is -2.24. The minimum Gasteiger partial charge on any atom is -0.306 e. The molecule has 0 aliphatic rings. The van der Waals surface area contributed by atoms with Gasteiger partial charge < -0.3 is 5.32 Å². The summed E-state index contributed by atoms with van der Waals surface area (Å²) in [4.78, 5) is 0. The summed E-state index contributed by atoms with van der Waals surface area (Å²) in [5, 5.41) is 3.99. The third kappa shape index (κ3) is 3.22. The SMILES string of the molecule is CCNC(c1cc(Cl)ccc1C)c1cccc(Br)c1F. The lowest BCUT2D eigenvalue weighted by atomic mass is 9.94. The zero-order chi connectivity index (χ0) is 14.7. The molecule has 0 amide bonds. The molecule has 1 atom stereocenters. The smallest absolute Gasteiger partial charge is 0.142 e. The molecule has 0 bridgehead atoms. The summed E-state index contributed by atoms with van der Waals surface area (Å²) in [5.41, 5.74) is 2.70. The summed E-state index contributed by atoms with van der Waals surface area (Å²) in [6.07, 6.45) is 0. The van der Waals surface area contributed by atoms with Crippen molar-refractivity contribution in [3.05, 3.63) is 68.4 Å². The molecule has 1 nitrogen and oxygen atoms in total. The van der Waals surface area contributed by atoms with E-state index in [1.807, 2.05) is 38.1 Å². The zero-order valence-electron chi connectivity index (χ0n) is 11.4. The topological polar surface area (TPSA) is 12.0 Å². The second-order valence-electron chi connectivity index (χ2n) is 4.63. The van der Waals surface area contributed by atoms with Gasteiger partial charge in [0.2, 0.25) is 0 Å². The highest BCUT2D eigenvalue weighted by atomic mass is 79.9. The van der Waals surface area contributed by atoms with E-state index in [1.165, 1.54) is 0 Å². The monoisotopic (exact) mass is 355 g/mol. The number of hydrogen-bond acceptors (Lipinski definition) is 1. The minimum absolute atomic E-state index is 0.212. The van der Waals surface area contributed by atoms with Crippen molar-refractivity contribution in [3.63, 3.8) is 0 Å². The number of aryl methyl sites for hydroxylation is 1. The minimum atomic E-state index is -0.238. The van der Waals surface area contributed by atoms with Crippen LogP contribution in [0.4, 0.5) is 4.39 Å². The van der Waals surface area contributed by atoms with Gasteiger partial charge in [0.05, 0.1) is 10.5 Å². The Hall–Kier alpha value is -0.900. The molecule has 1 N–H and O–H groups in total. The van der Waals surface area contributed by atoms with Crippen LogP contribution in [0.3, 0.4) is 0 Å². The molecular formula is C16H16BrClFN. The number of benzene rings is 2. The molecule has 0 aliphatic carbocycles. The summed E-state index contributed by atoms with van der Waals surface area (Å²) in [7, 11) is 0. The molecule has 0 radical (unpaired) electrons. The first-order chi connectivity index (χ1) is 9.54. The van der Waals surface area contributed by atoms with E-state index < -0.39 is 0 Å². The van der Waals surface area contributed by atoms with E-state index in [0.29, 0.717) is 15.1 Å². The van der Waals surface area contributed by atoms with Gasteiger partial charge in [-0.1, -0.05) is 36.7 Å². The van der Waals surface area contributed by atoms with Crippen molar-refractivity contribution in [1.29, 1.82) is 0 Å². The fourth-order valence-corrected chi connectivity index (χ4v) is 2.82. The van der Waals surface area contributed by atoms with Crippen molar-refractivity contribution < 1.29 is 4.39 Å². The van der Waals surface area contributed by atoms with Crippen LogP contribution in [0, 0.1) is 12.7 Å². The maximum absolute atomic E-state index is 14.4. The molecule has 0 saturated heterocycles. The van der Waals surface area contributed by atoms with Gasteiger partial charge in [0.25, 0.3) is 0 Å². The first-order valence-corrected chi connectivity index (χ1v) is 7.65. The summed E-state index contributed by atoms with van der Waals surface area (Å²) < 4.78 is 14.8. The first-order valence-electron chi connectivity index (χ1n) is 6.48. The average molecular weight is 357 g/mol. The van der Waals surface area contributed by atoms with Crippen molar-refractivity contribution in [2.75, 3.05) is 6.54 Å². The third-order valence-electron chi connectivity index (χ3n) is 3.25. The van der Waals surface area contributed by atoms with E-state index in [0.717, 1.165) is 17.7 Å². The van der Waals surface area contributed by atoms with Crippen LogP contribution < -0.4 is 5.32 Å². The van der Waals surface area contributed by atoms with Crippen LogP contribution >= 0.6 is 27.5 Å². The quantitative estimate of drug-likeness (QED) is 0.789. The standard InChI is InChI=1S/C16H16BrClFN/c1-3-20-16(12-5-4-6-14(17)15(12)19)13-9-11(18)8-7-10(13)2/h4-9,16,20H,3H2,1-2H3. The summed E-state index contributed by atoms with van der Waals surface area (Å²) in [5.74, 6) is -0.238. The van der Waals surface area contributed by atoms with Gasteiger partial charge >= 0.3 is 0 Å². The van der Waals surface area contributed by atoms with E-state index in [2.05, 4.69) is 21.2 Å². The lowest BCUT2D eigenvalue weighted by Gasteiger charge is -2.22. The number of halogens is 3. The fourth-order valence-electron chi connectivity index (χ4n) is 2.26. The van der Waals surface area contributed by atoms with Crippen molar-refractivity contribution in [1.82, 2.24) is 5.32 Å². The number of rotatable bonds is 4. The molecule has 106 valence electrons. The van der Waals surface area contributed by atoms with Crippen LogP contribution in [0.5, 0.6) is 0 Å². The highest BCUT2D eigenvalue weighted by Crippen LogP contribution is 2.31. The second kappa shape index (κ2) is 6.70. The molecule has 0 aromatic heterocycles. The Kier molecular flexibility index (Phi) is 5.19. The Bertz CT molecular complexity index is 613. The Labute approximate surface area is 132 Å². The third-order valence-corrected chi connectivity index (χ3v) is 4.10. The highest BCUT2D eigenvalue weighted by Gasteiger charge is 2.20. The van der Waals surface area contributed by atoms with Crippen LogP contribution in [0.2, 0.25) is 5.02 Å². The number of hydrogen-bond donors (Lipinski definition) is 1. The molecular weight excluding hydrogens is 341 g/mol. The van der Waals surface area contributed by atoms with Crippen LogP contribution in [0.15, 0.2) is 40.9 Å². The average Bonchev–Trinajstić information content (AvgIpc) is 2.43. The Morgan fingerprint density at radius 2 is 2.00 bits per heavy atom. The predicted octanol–water partition coefficient (Wildman–Crippen LogP) is 5.25. The van der Waals surface area contributed by atoms with Crippen LogP contribution in [-0.4, -0.2) is 6.54 Å². The largest absolute Gasteiger partial charge is 0.306 e. The molecule has 4 heteroatoms. The Morgan fingerprint density at radius 3 is 2.70 bits per heavy atom. The Morgan fingerprint density at radius 1 is 1.25 bits per heavy atom. The van der Waals surface area contributed by atoms with Crippen LogP contribution in [-0.2, 0) is 0 Å². The maximum atomic E-state index is 14.4. The molecule has 0 spiro atoms. The second-order valence-corrected chi connectivity index (χ2v) is 5.93. The summed E-state index contributed by atoms with van der Waals surface area (Å²) in [6.45, 7) is 4.75. The normalized spacial score (nSPS) is 12.4. The molecule has 0 heterocycles. The lowest BCUT2D eigenvalue weighted by molar-refractivity contribution is 0.554.